The van der Waals surface area contributed by atoms with Crippen molar-refractivity contribution < 1.29 is 30.3 Å². The number of aliphatic hydroxyl groups excluding tert-OH is 5. The van der Waals surface area contributed by atoms with Gasteiger partial charge in [-0.1, -0.05) is 46.6 Å². The summed E-state index contributed by atoms with van der Waals surface area (Å²) in [5.74, 6) is 0. The Kier molecular flexibility index (Phi) is 13.3. The van der Waals surface area contributed by atoms with Gasteiger partial charge in [-0.15, -0.1) is 0 Å². The molecule has 0 aromatic carbocycles. The van der Waals surface area contributed by atoms with Gasteiger partial charge in [0.25, 0.3) is 0 Å². The lowest BCUT2D eigenvalue weighted by Gasteiger charge is -2.40. The van der Waals surface area contributed by atoms with E-state index in [1.165, 1.54) is 16.7 Å². The second kappa shape index (κ2) is 14.8. The van der Waals surface area contributed by atoms with Crippen molar-refractivity contribution in [2.45, 2.75) is 110 Å². The smallest absolute Gasteiger partial charge is 0.111 e. The molecule has 0 spiro atoms. The summed E-state index contributed by atoms with van der Waals surface area (Å²) in [6.07, 6.45) is 7.09. The lowest BCUT2D eigenvalue weighted by molar-refractivity contribution is -0.228. The molecule has 0 radical (unpaired) electrons. The largest absolute Gasteiger partial charge is 0.394 e. The van der Waals surface area contributed by atoms with Gasteiger partial charge in [0.15, 0.2) is 0 Å². The molecule has 0 aliphatic carbocycles. The summed E-state index contributed by atoms with van der Waals surface area (Å²) < 4.78 is 5.56. The van der Waals surface area contributed by atoms with Crippen LogP contribution in [0.5, 0.6) is 0 Å². The molecule has 2 unspecified atom stereocenters. The summed E-state index contributed by atoms with van der Waals surface area (Å²) in [7, 11) is 0. The minimum absolute atomic E-state index is 0.412. The molecule has 6 heteroatoms. The molecule has 184 valence electrons. The van der Waals surface area contributed by atoms with Gasteiger partial charge >= 0.3 is 0 Å². The van der Waals surface area contributed by atoms with Gasteiger partial charge in [-0.25, -0.2) is 0 Å². The maximum absolute atomic E-state index is 10.2. The van der Waals surface area contributed by atoms with E-state index in [0.29, 0.717) is 12.8 Å². The average Bonchev–Trinajstić information content (AvgIpc) is 2.72. The first-order valence-corrected chi connectivity index (χ1v) is 11.7. The Bertz CT molecular complexity index is 672. The second-order valence-electron chi connectivity index (χ2n) is 9.35. The standard InChI is InChI=1S/C26H44O6/c1-17(2)8-6-10-19(4)14-21(28)13-12-18(3)9-7-11-20(5)15-22-24(29)26(31)25(30)23(16-27)32-22/h8,11-12,14,21-31H,6-7,9-10,13,15-16H2,1-5H3/b18-12+,19-14-,20-11+/t21?,22?,23-,24-,25-,26-/m1/s1. The Morgan fingerprint density at radius 3 is 2.00 bits per heavy atom. The molecule has 0 bridgehead atoms. The predicted molar refractivity (Wildman–Crippen MR) is 128 cm³/mol. The summed E-state index contributed by atoms with van der Waals surface area (Å²) in [4.78, 5) is 0. The zero-order chi connectivity index (χ0) is 24.3. The third-order valence-corrected chi connectivity index (χ3v) is 5.82. The van der Waals surface area contributed by atoms with Gasteiger partial charge in [0.05, 0.1) is 18.8 Å². The molecule has 1 heterocycles. The second-order valence-corrected chi connectivity index (χ2v) is 9.35. The van der Waals surface area contributed by atoms with Crippen LogP contribution in [0, 0.1) is 0 Å². The fraction of sp³-hybridized carbons (Fsp3) is 0.692. The number of rotatable bonds is 12. The molecule has 5 N–H and O–H groups in total. The summed E-state index contributed by atoms with van der Waals surface area (Å²) >= 11 is 0. The number of ether oxygens (including phenoxy) is 1. The maximum Gasteiger partial charge on any atom is 0.111 e. The molecule has 6 nitrogen and oxygen atoms in total. The van der Waals surface area contributed by atoms with Crippen LogP contribution in [0.25, 0.3) is 0 Å². The van der Waals surface area contributed by atoms with E-state index in [1.54, 1.807) is 0 Å². The van der Waals surface area contributed by atoms with E-state index < -0.39 is 43.2 Å². The van der Waals surface area contributed by atoms with Crippen LogP contribution in [0.15, 0.2) is 46.6 Å². The third-order valence-electron chi connectivity index (χ3n) is 5.82. The van der Waals surface area contributed by atoms with Gasteiger partial charge in [-0.05, 0) is 73.1 Å². The molecule has 0 aromatic heterocycles. The number of allylic oxidation sites excluding steroid dienone is 5. The van der Waals surface area contributed by atoms with Crippen LogP contribution >= 0.6 is 0 Å². The molecule has 1 aliphatic heterocycles. The van der Waals surface area contributed by atoms with Crippen LogP contribution in [0.3, 0.4) is 0 Å². The summed E-state index contributed by atoms with van der Waals surface area (Å²) in [6.45, 7) is 9.82. The highest BCUT2D eigenvalue weighted by atomic mass is 16.5. The molecule has 1 aliphatic rings. The predicted octanol–water partition coefficient (Wildman–Crippen LogP) is 3.34. The summed E-state index contributed by atoms with van der Waals surface area (Å²) in [5, 5.41) is 49.5. The van der Waals surface area contributed by atoms with E-state index in [2.05, 4.69) is 45.9 Å². The third kappa shape index (κ3) is 10.6. The van der Waals surface area contributed by atoms with Crippen LogP contribution in [-0.4, -0.2) is 68.8 Å². The fourth-order valence-electron chi connectivity index (χ4n) is 3.79. The Balaban J connectivity index is 2.45. The summed E-state index contributed by atoms with van der Waals surface area (Å²) in [5.41, 5.74) is 4.73. The van der Waals surface area contributed by atoms with Crippen LogP contribution in [-0.2, 0) is 4.74 Å². The van der Waals surface area contributed by atoms with E-state index >= 15 is 0 Å². The molecule has 6 atom stereocenters. The minimum Gasteiger partial charge on any atom is -0.394 e. The Morgan fingerprint density at radius 2 is 1.38 bits per heavy atom. The van der Waals surface area contributed by atoms with Crippen molar-refractivity contribution in [1.29, 1.82) is 0 Å². The van der Waals surface area contributed by atoms with Crippen molar-refractivity contribution in [3.63, 3.8) is 0 Å². The highest BCUT2D eigenvalue weighted by Crippen LogP contribution is 2.25. The highest BCUT2D eigenvalue weighted by Gasteiger charge is 2.43. The van der Waals surface area contributed by atoms with Crippen molar-refractivity contribution in [3.05, 3.63) is 46.6 Å². The normalized spacial score (nSPS) is 28.6. The van der Waals surface area contributed by atoms with Gasteiger partial charge in [0, 0.05) is 0 Å². The van der Waals surface area contributed by atoms with Crippen molar-refractivity contribution in [3.8, 4) is 0 Å². The van der Waals surface area contributed by atoms with Gasteiger partial charge in [-0.2, -0.15) is 0 Å². The van der Waals surface area contributed by atoms with Gasteiger partial charge in [0.1, 0.15) is 24.4 Å². The molecule has 0 aromatic rings. The van der Waals surface area contributed by atoms with Crippen molar-refractivity contribution >= 4 is 0 Å². The van der Waals surface area contributed by atoms with Crippen molar-refractivity contribution in [1.82, 2.24) is 0 Å². The van der Waals surface area contributed by atoms with E-state index in [-0.39, 0.29) is 0 Å². The zero-order valence-corrected chi connectivity index (χ0v) is 20.4. The highest BCUT2D eigenvalue weighted by molar-refractivity contribution is 5.09. The van der Waals surface area contributed by atoms with Crippen LogP contribution < -0.4 is 0 Å². The van der Waals surface area contributed by atoms with E-state index in [1.807, 2.05) is 13.0 Å². The van der Waals surface area contributed by atoms with Gasteiger partial charge in [-0.3, -0.25) is 0 Å². The van der Waals surface area contributed by atoms with E-state index in [4.69, 9.17) is 4.74 Å². The number of aliphatic hydroxyl groups is 5. The molecule has 32 heavy (non-hydrogen) atoms. The maximum atomic E-state index is 10.2. The Labute approximate surface area is 193 Å². The first-order valence-electron chi connectivity index (χ1n) is 11.7. The SMILES string of the molecule is CC(C)=CCC/C(C)=C\C(O)C/C=C(\C)CC/C=C(\C)CC1O[C@H](CO)[C@@H](O)[C@H](O)[C@@H]1O. The van der Waals surface area contributed by atoms with E-state index in [0.717, 1.165) is 31.3 Å². The Hall–Kier alpha value is -1.28. The first kappa shape index (κ1) is 28.8. The monoisotopic (exact) mass is 452 g/mol. The molecular weight excluding hydrogens is 408 g/mol. The van der Waals surface area contributed by atoms with Crippen molar-refractivity contribution in [2.24, 2.45) is 0 Å². The minimum atomic E-state index is -1.33. The van der Waals surface area contributed by atoms with E-state index in [9.17, 15) is 25.5 Å². The quantitative estimate of drug-likeness (QED) is 0.291. The van der Waals surface area contributed by atoms with Crippen LogP contribution in [0.4, 0.5) is 0 Å². The van der Waals surface area contributed by atoms with Gasteiger partial charge < -0.3 is 30.3 Å². The molecular formula is C26H44O6. The molecule has 1 saturated heterocycles. The molecule has 1 fully saturated rings. The molecule has 0 amide bonds. The molecule has 1 rings (SSSR count). The zero-order valence-electron chi connectivity index (χ0n) is 20.4. The van der Waals surface area contributed by atoms with Crippen molar-refractivity contribution in [2.75, 3.05) is 6.61 Å². The average molecular weight is 453 g/mol. The lowest BCUT2D eigenvalue weighted by Crippen LogP contribution is -2.58. The lowest BCUT2D eigenvalue weighted by atomic mass is 9.91. The Morgan fingerprint density at radius 1 is 0.781 bits per heavy atom. The topological polar surface area (TPSA) is 110 Å². The first-order chi connectivity index (χ1) is 15.0. The van der Waals surface area contributed by atoms with Crippen LogP contribution in [0.1, 0.15) is 73.1 Å². The summed E-state index contributed by atoms with van der Waals surface area (Å²) in [6, 6.07) is 0. The fourth-order valence-corrected chi connectivity index (χ4v) is 3.79. The van der Waals surface area contributed by atoms with Crippen LogP contribution in [0.2, 0.25) is 0 Å². The number of hydrogen-bond donors (Lipinski definition) is 5. The van der Waals surface area contributed by atoms with Gasteiger partial charge in [0.2, 0.25) is 0 Å². The number of hydrogen-bond acceptors (Lipinski definition) is 6. The molecule has 0 saturated carbocycles.